The molecule has 1 amide bonds. The Morgan fingerprint density at radius 1 is 1.22 bits per heavy atom. The molecule has 1 saturated heterocycles. The van der Waals surface area contributed by atoms with Crippen molar-refractivity contribution in [2.24, 2.45) is 0 Å². The minimum absolute atomic E-state index is 0.252. The summed E-state index contributed by atoms with van der Waals surface area (Å²) < 4.78 is 1.75. The molecule has 2 aromatic heterocycles. The third-order valence-corrected chi connectivity index (χ3v) is 5.88. The van der Waals surface area contributed by atoms with Crippen LogP contribution in [0.15, 0.2) is 30.5 Å². The van der Waals surface area contributed by atoms with Crippen molar-refractivity contribution in [3.05, 3.63) is 52.4 Å². The molecule has 0 aliphatic carbocycles. The molecule has 0 saturated carbocycles. The highest BCUT2D eigenvalue weighted by atomic mass is 35.5. The average molecular weight is 402 g/mol. The standard InChI is InChI=1S/C19H20ClN5OS/c1-12-9-14(3-4-15(12)20)22-19(26)16-10-17-18(24-5-7-27-8-6-24)21-13(2)11-25(17)23-16/h3-4,9-11H,5-8H2,1-2H3,(H,22,26). The molecule has 0 unspecified atom stereocenters. The highest BCUT2D eigenvalue weighted by Crippen LogP contribution is 2.25. The Labute approximate surface area is 166 Å². The van der Waals surface area contributed by atoms with Crippen LogP contribution < -0.4 is 10.2 Å². The molecule has 0 radical (unpaired) electrons. The van der Waals surface area contributed by atoms with E-state index in [4.69, 9.17) is 16.6 Å². The largest absolute Gasteiger partial charge is 0.353 e. The first-order valence-corrected chi connectivity index (χ1v) is 10.3. The number of nitrogens with zero attached hydrogens (tertiary/aromatic N) is 4. The normalized spacial score (nSPS) is 14.6. The number of aryl methyl sites for hydroxylation is 2. The number of halogens is 1. The summed E-state index contributed by atoms with van der Waals surface area (Å²) in [5.74, 6) is 2.81. The van der Waals surface area contributed by atoms with Crippen LogP contribution in [0.3, 0.4) is 0 Å². The summed E-state index contributed by atoms with van der Waals surface area (Å²) in [5.41, 5.74) is 3.70. The lowest BCUT2D eigenvalue weighted by Gasteiger charge is -2.28. The molecule has 0 spiro atoms. The van der Waals surface area contributed by atoms with E-state index >= 15 is 0 Å². The van der Waals surface area contributed by atoms with Gasteiger partial charge >= 0.3 is 0 Å². The maximum absolute atomic E-state index is 12.7. The molecule has 1 aliphatic heterocycles. The van der Waals surface area contributed by atoms with Crippen LogP contribution >= 0.6 is 23.4 Å². The summed E-state index contributed by atoms with van der Waals surface area (Å²) >= 11 is 8.00. The molecular weight excluding hydrogens is 382 g/mol. The van der Waals surface area contributed by atoms with Gasteiger partial charge in [-0.1, -0.05) is 11.6 Å². The van der Waals surface area contributed by atoms with Crippen LogP contribution in [0.2, 0.25) is 5.02 Å². The Morgan fingerprint density at radius 3 is 2.74 bits per heavy atom. The van der Waals surface area contributed by atoms with Crippen LogP contribution in [0.1, 0.15) is 21.7 Å². The van der Waals surface area contributed by atoms with E-state index in [-0.39, 0.29) is 5.91 Å². The fourth-order valence-electron chi connectivity index (χ4n) is 3.13. The smallest absolute Gasteiger partial charge is 0.276 e. The van der Waals surface area contributed by atoms with Crippen molar-refractivity contribution in [2.45, 2.75) is 13.8 Å². The van der Waals surface area contributed by atoms with Gasteiger partial charge in [-0.3, -0.25) is 4.79 Å². The van der Waals surface area contributed by atoms with Crippen molar-refractivity contribution in [3.8, 4) is 0 Å². The van der Waals surface area contributed by atoms with E-state index in [1.165, 1.54) is 0 Å². The lowest BCUT2D eigenvalue weighted by atomic mass is 10.2. The zero-order valence-electron chi connectivity index (χ0n) is 15.2. The number of carbonyl (C=O) groups is 1. The number of rotatable bonds is 3. The van der Waals surface area contributed by atoms with E-state index < -0.39 is 0 Å². The Hall–Kier alpha value is -2.25. The highest BCUT2D eigenvalue weighted by molar-refractivity contribution is 7.99. The number of carbonyl (C=O) groups excluding carboxylic acids is 1. The van der Waals surface area contributed by atoms with E-state index in [0.29, 0.717) is 16.4 Å². The molecule has 27 heavy (non-hydrogen) atoms. The van der Waals surface area contributed by atoms with Gasteiger partial charge in [-0.05, 0) is 37.6 Å². The third kappa shape index (κ3) is 3.75. The Bertz CT molecular complexity index is 1010. The summed E-state index contributed by atoms with van der Waals surface area (Å²) in [6.07, 6.45) is 1.85. The first kappa shape index (κ1) is 18.1. The fourth-order valence-corrected chi connectivity index (χ4v) is 4.15. The minimum atomic E-state index is -0.252. The summed E-state index contributed by atoms with van der Waals surface area (Å²) in [4.78, 5) is 19.7. The van der Waals surface area contributed by atoms with E-state index in [2.05, 4.69) is 15.3 Å². The van der Waals surface area contributed by atoms with Crippen LogP contribution in [0.25, 0.3) is 5.52 Å². The van der Waals surface area contributed by atoms with Gasteiger partial charge in [0.1, 0.15) is 5.52 Å². The number of anilines is 2. The third-order valence-electron chi connectivity index (χ3n) is 4.52. The first-order valence-electron chi connectivity index (χ1n) is 8.78. The molecule has 0 bridgehead atoms. The number of thioether (sulfide) groups is 1. The Kier molecular flexibility index (Phi) is 4.97. The molecular formula is C19H20ClN5OS. The lowest BCUT2D eigenvalue weighted by molar-refractivity contribution is 0.102. The number of nitrogens with one attached hydrogen (secondary N) is 1. The molecule has 1 fully saturated rings. The van der Waals surface area contributed by atoms with E-state index in [1.807, 2.05) is 43.9 Å². The zero-order valence-corrected chi connectivity index (χ0v) is 16.8. The molecule has 3 aromatic rings. The maximum Gasteiger partial charge on any atom is 0.276 e. The SMILES string of the molecule is Cc1cn2nc(C(=O)Nc3ccc(Cl)c(C)c3)cc2c(N2CCSCC2)n1. The second-order valence-corrected chi connectivity index (χ2v) is 8.21. The van der Waals surface area contributed by atoms with Crippen LogP contribution in [0.4, 0.5) is 11.5 Å². The van der Waals surface area contributed by atoms with E-state index in [9.17, 15) is 4.79 Å². The number of fused-ring (bicyclic) bond motifs is 1. The second kappa shape index (κ2) is 7.40. The van der Waals surface area contributed by atoms with Crippen LogP contribution in [0, 0.1) is 13.8 Å². The van der Waals surface area contributed by atoms with Crippen molar-refractivity contribution in [3.63, 3.8) is 0 Å². The topological polar surface area (TPSA) is 62.5 Å². The van der Waals surface area contributed by atoms with Gasteiger partial charge in [-0.25, -0.2) is 9.50 Å². The van der Waals surface area contributed by atoms with Gasteiger partial charge < -0.3 is 10.2 Å². The van der Waals surface area contributed by atoms with Gasteiger partial charge in [0.15, 0.2) is 11.5 Å². The van der Waals surface area contributed by atoms with Crippen molar-refractivity contribution in [1.82, 2.24) is 14.6 Å². The zero-order chi connectivity index (χ0) is 19.0. The number of benzene rings is 1. The van der Waals surface area contributed by atoms with Crippen LogP contribution in [-0.2, 0) is 0 Å². The summed E-state index contributed by atoms with van der Waals surface area (Å²) in [5, 5.41) is 8.03. The fraction of sp³-hybridized carbons (Fsp3) is 0.316. The first-order chi connectivity index (χ1) is 13.0. The van der Waals surface area contributed by atoms with E-state index in [0.717, 1.165) is 47.2 Å². The molecule has 4 rings (SSSR count). The molecule has 8 heteroatoms. The predicted molar refractivity (Wildman–Crippen MR) is 111 cm³/mol. The maximum atomic E-state index is 12.7. The Morgan fingerprint density at radius 2 is 2.00 bits per heavy atom. The molecule has 1 N–H and O–H groups in total. The molecule has 3 heterocycles. The summed E-state index contributed by atoms with van der Waals surface area (Å²) in [6.45, 7) is 5.75. The Balaban J connectivity index is 1.66. The van der Waals surface area contributed by atoms with E-state index in [1.54, 1.807) is 16.6 Å². The quantitative estimate of drug-likeness (QED) is 0.723. The van der Waals surface area contributed by atoms with Crippen molar-refractivity contribution >= 4 is 46.3 Å². The number of aromatic nitrogens is 3. The van der Waals surface area contributed by atoms with Gasteiger partial charge in [-0.15, -0.1) is 0 Å². The van der Waals surface area contributed by atoms with Gasteiger partial charge in [0.05, 0.1) is 11.9 Å². The molecule has 1 aliphatic rings. The molecule has 6 nitrogen and oxygen atoms in total. The van der Waals surface area contributed by atoms with Gasteiger partial charge in [0, 0.05) is 41.4 Å². The number of hydrogen-bond donors (Lipinski definition) is 1. The van der Waals surface area contributed by atoms with Crippen molar-refractivity contribution < 1.29 is 4.79 Å². The molecule has 140 valence electrons. The molecule has 0 atom stereocenters. The second-order valence-electron chi connectivity index (χ2n) is 6.58. The van der Waals surface area contributed by atoms with Crippen molar-refractivity contribution in [1.29, 1.82) is 0 Å². The summed E-state index contributed by atoms with van der Waals surface area (Å²) in [7, 11) is 0. The minimum Gasteiger partial charge on any atom is -0.353 e. The monoisotopic (exact) mass is 401 g/mol. The number of hydrogen-bond acceptors (Lipinski definition) is 5. The lowest BCUT2D eigenvalue weighted by Crippen LogP contribution is -2.33. The average Bonchev–Trinajstić information content (AvgIpc) is 3.09. The number of amides is 1. The summed E-state index contributed by atoms with van der Waals surface area (Å²) in [6, 6.07) is 7.21. The highest BCUT2D eigenvalue weighted by Gasteiger charge is 2.20. The van der Waals surface area contributed by atoms with Gasteiger partial charge in [0.25, 0.3) is 5.91 Å². The van der Waals surface area contributed by atoms with Gasteiger partial charge in [-0.2, -0.15) is 16.9 Å². The van der Waals surface area contributed by atoms with Crippen LogP contribution in [-0.4, -0.2) is 45.1 Å². The predicted octanol–water partition coefficient (Wildman–Crippen LogP) is 3.81. The van der Waals surface area contributed by atoms with Crippen molar-refractivity contribution in [2.75, 3.05) is 34.8 Å². The molecule has 1 aromatic carbocycles. The van der Waals surface area contributed by atoms with Crippen LogP contribution in [0.5, 0.6) is 0 Å². The van der Waals surface area contributed by atoms with Gasteiger partial charge in [0.2, 0.25) is 0 Å².